The minimum atomic E-state index is -1.19. The van der Waals surface area contributed by atoms with Crippen molar-refractivity contribution in [2.45, 2.75) is 39.2 Å². The van der Waals surface area contributed by atoms with Crippen molar-refractivity contribution in [1.82, 2.24) is 0 Å². The van der Waals surface area contributed by atoms with Gasteiger partial charge in [0.15, 0.2) is 0 Å². The quantitative estimate of drug-likeness (QED) is 0.822. The summed E-state index contributed by atoms with van der Waals surface area (Å²) in [5, 5.41) is 18.4. The number of carboxylic acid groups (broad SMARTS) is 1. The molecule has 19 heavy (non-hydrogen) atoms. The van der Waals surface area contributed by atoms with Crippen LogP contribution in [0.25, 0.3) is 0 Å². The van der Waals surface area contributed by atoms with Crippen LogP contribution < -0.4 is 0 Å². The molecule has 1 unspecified atom stereocenters. The average molecular weight is 264 g/mol. The van der Waals surface area contributed by atoms with E-state index in [1.54, 1.807) is 6.92 Å². The van der Waals surface area contributed by atoms with Crippen LogP contribution in [0.5, 0.6) is 0 Å². The minimum absolute atomic E-state index is 0.124. The second kappa shape index (κ2) is 6.91. The first-order valence-corrected chi connectivity index (χ1v) is 6.16. The molecule has 3 nitrogen and oxygen atoms in total. The third kappa shape index (κ3) is 4.38. The summed E-state index contributed by atoms with van der Waals surface area (Å²) < 4.78 is 13.2. The summed E-state index contributed by atoms with van der Waals surface area (Å²) in [5.74, 6) is 3.81. The predicted octanol–water partition coefficient (Wildman–Crippen LogP) is 2.73. The predicted molar refractivity (Wildman–Crippen MR) is 70.5 cm³/mol. The molecule has 1 rings (SSSR count). The summed E-state index contributed by atoms with van der Waals surface area (Å²) >= 11 is 0. The van der Waals surface area contributed by atoms with Crippen LogP contribution in [0.3, 0.4) is 0 Å². The van der Waals surface area contributed by atoms with Crippen LogP contribution in [0.4, 0.5) is 4.39 Å². The van der Waals surface area contributed by atoms with Gasteiger partial charge in [-0.1, -0.05) is 18.8 Å². The smallest absolute Gasteiger partial charge is 0.337 e. The van der Waals surface area contributed by atoms with Gasteiger partial charge in [-0.05, 0) is 37.5 Å². The Balaban J connectivity index is 2.95. The molecule has 102 valence electrons. The SMILES string of the molecule is CCC(O)CCC#Cc1c(C)cc(F)cc1C(=O)O. The maximum Gasteiger partial charge on any atom is 0.337 e. The molecule has 0 amide bonds. The molecule has 0 aliphatic heterocycles. The van der Waals surface area contributed by atoms with Gasteiger partial charge in [0.05, 0.1) is 11.7 Å². The molecule has 0 radical (unpaired) electrons. The van der Waals surface area contributed by atoms with Crippen molar-refractivity contribution in [3.8, 4) is 11.8 Å². The zero-order valence-corrected chi connectivity index (χ0v) is 11.0. The highest BCUT2D eigenvalue weighted by Crippen LogP contribution is 2.16. The molecule has 0 aromatic heterocycles. The molecular weight excluding hydrogens is 247 g/mol. The fourth-order valence-electron chi connectivity index (χ4n) is 1.67. The summed E-state index contributed by atoms with van der Waals surface area (Å²) in [6.45, 7) is 3.51. The van der Waals surface area contributed by atoms with Crippen molar-refractivity contribution in [2.75, 3.05) is 0 Å². The lowest BCUT2D eigenvalue weighted by Gasteiger charge is -2.04. The van der Waals surface area contributed by atoms with E-state index >= 15 is 0 Å². The molecule has 1 aromatic rings. The third-order valence-electron chi connectivity index (χ3n) is 2.82. The first kappa shape index (κ1) is 15.2. The van der Waals surface area contributed by atoms with Crippen LogP contribution in [0.1, 0.15) is 47.7 Å². The van der Waals surface area contributed by atoms with E-state index < -0.39 is 11.8 Å². The number of aryl methyl sites for hydroxylation is 1. The number of halogens is 1. The van der Waals surface area contributed by atoms with E-state index in [1.807, 2.05) is 6.92 Å². The van der Waals surface area contributed by atoms with Gasteiger partial charge in [-0.15, -0.1) is 0 Å². The maximum atomic E-state index is 13.2. The number of carbonyl (C=O) groups is 1. The van der Waals surface area contributed by atoms with Gasteiger partial charge in [-0.25, -0.2) is 9.18 Å². The zero-order chi connectivity index (χ0) is 14.4. The Morgan fingerprint density at radius 1 is 1.47 bits per heavy atom. The third-order valence-corrected chi connectivity index (χ3v) is 2.82. The first-order chi connectivity index (χ1) is 8.95. The molecule has 0 saturated carbocycles. The fraction of sp³-hybridized carbons (Fsp3) is 0.400. The number of aromatic carboxylic acids is 1. The van der Waals surface area contributed by atoms with Crippen molar-refractivity contribution in [2.24, 2.45) is 0 Å². The topological polar surface area (TPSA) is 57.5 Å². The molecule has 0 spiro atoms. The number of hydrogen-bond donors (Lipinski definition) is 2. The average Bonchev–Trinajstić information content (AvgIpc) is 2.35. The Hall–Kier alpha value is -1.86. The fourth-order valence-corrected chi connectivity index (χ4v) is 1.67. The Kier molecular flexibility index (Phi) is 5.53. The van der Waals surface area contributed by atoms with Gasteiger partial charge >= 0.3 is 5.97 Å². The van der Waals surface area contributed by atoms with E-state index in [1.165, 1.54) is 6.07 Å². The van der Waals surface area contributed by atoms with Crippen LogP contribution >= 0.6 is 0 Å². The van der Waals surface area contributed by atoms with Gasteiger partial charge in [0.2, 0.25) is 0 Å². The highest BCUT2D eigenvalue weighted by Gasteiger charge is 2.12. The van der Waals surface area contributed by atoms with E-state index in [2.05, 4.69) is 11.8 Å². The van der Waals surface area contributed by atoms with E-state index in [4.69, 9.17) is 5.11 Å². The van der Waals surface area contributed by atoms with Crippen molar-refractivity contribution in [3.63, 3.8) is 0 Å². The lowest BCUT2D eigenvalue weighted by atomic mass is 10.0. The van der Waals surface area contributed by atoms with Crippen molar-refractivity contribution < 1.29 is 19.4 Å². The van der Waals surface area contributed by atoms with Crippen LogP contribution in [-0.4, -0.2) is 22.3 Å². The van der Waals surface area contributed by atoms with E-state index in [-0.39, 0.29) is 11.7 Å². The van der Waals surface area contributed by atoms with Gasteiger partial charge in [0.1, 0.15) is 5.82 Å². The lowest BCUT2D eigenvalue weighted by Crippen LogP contribution is -2.04. The summed E-state index contributed by atoms with van der Waals surface area (Å²) in [7, 11) is 0. The van der Waals surface area contributed by atoms with Gasteiger partial charge in [-0.3, -0.25) is 0 Å². The molecule has 0 saturated heterocycles. The maximum absolute atomic E-state index is 13.2. The number of aliphatic hydroxyl groups is 1. The molecule has 1 atom stereocenters. The summed E-state index contributed by atoms with van der Waals surface area (Å²) in [6, 6.07) is 2.23. The van der Waals surface area contributed by atoms with E-state index in [9.17, 15) is 14.3 Å². The van der Waals surface area contributed by atoms with Gasteiger partial charge in [0, 0.05) is 12.0 Å². The largest absolute Gasteiger partial charge is 0.478 e. The molecule has 0 bridgehead atoms. The van der Waals surface area contributed by atoms with Crippen molar-refractivity contribution in [1.29, 1.82) is 0 Å². The van der Waals surface area contributed by atoms with Crippen LogP contribution in [0.2, 0.25) is 0 Å². The molecule has 1 aromatic carbocycles. The molecule has 2 N–H and O–H groups in total. The number of aliphatic hydroxyl groups excluding tert-OH is 1. The standard InChI is InChI=1S/C15H17FO3/c1-3-12(17)6-4-5-7-13-10(2)8-11(16)9-14(13)15(18)19/h8-9,12,17H,3-4,6H2,1-2H3,(H,18,19). The number of hydrogen-bond acceptors (Lipinski definition) is 2. The van der Waals surface area contributed by atoms with Gasteiger partial charge in [-0.2, -0.15) is 0 Å². The van der Waals surface area contributed by atoms with Gasteiger partial charge in [0.25, 0.3) is 0 Å². The van der Waals surface area contributed by atoms with E-state index in [0.29, 0.717) is 30.4 Å². The molecule has 4 heteroatoms. The van der Waals surface area contributed by atoms with E-state index in [0.717, 1.165) is 6.07 Å². The second-order valence-corrected chi connectivity index (χ2v) is 4.35. The monoisotopic (exact) mass is 264 g/mol. The van der Waals surface area contributed by atoms with Crippen LogP contribution in [0.15, 0.2) is 12.1 Å². The zero-order valence-electron chi connectivity index (χ0n) is 11.0. The molecule has 0 aliphatic carbocycles. The Morgan fingerprint density at radius 2 is 2.16 bits per heavy atom. The number of benzene rings is 1. The first-order valence-electron chi connectivity index (χ1n) is 6.16. The summed E-state index contributed by atoms with van der Waals surface area (Å²) in [5.41, 5.74) is 0.710. The minimum Gasteiger partial charge on any atom is -0.478 e. The molecular formula is C15H17FO3. The number of carboxylic acids is 1. The van der Waals surface area contributed by atoms with Crippen LogP contribution in [0, 0.1) is 24.6 Å². The molecule has 0 heterocycles. The van der Waals surface area contributed by atoms with Crippen LogP contribution in [-0.2, 0) is 0 Å². The number of rotatable bonds is 4. The van der Waals surface area contributed by atoms with Crippen molar-refractivity contribution >= 4 is 5.97 Å². The Morgan fingerprint density at radius 3 is 2.74 bits per heavy atom. The highest BCUT2D eigenvalue weighted by atomic mass is 19.1. The molecule has 0 fully saturated rings. The second-order valence-electron chi connectivity index (χ2n) is 4.35. The summed E-state index contributed by atoms with van der Waals surface area (Å²) in [6.07, 6.45) is 1.30. The molecule has 0 aliphatic rings. The lowest BCUT2D eigenvalue weighted by molar-refractivity contribution is 0.0696. The Bertz CT molecular complexity index is 526. The summed E-state index contributed by atoms with van der Waals surface area (Å²) in [4.78, 5) is 11.0. The van der Waals surface area contributed by atoms with Crippen molar-refractivity contribution in [3.05, 3.63) is 34.6 Å². The van der Waals surface area contributed by atoms with Gasteiger partial charge < -0.3 is 10.2 Å². The Labute approximate surface area is 112 Å². The highest BCUT2D eigenvalue weighted by molar-refractivity contribution is 5.91. The normalized spacial score (nSPS) is 11.6.